The third kappa shape index (κ3) is 5.01. The first-order valence-electron chi connectivity index (χ1n) is 15.0. The smallest absolute Gasteiger partial charge is 0.138 e. The molecule has 0 fully saturated rings. The minimum Gasteiger partial charge on any atom is -0.456 e. The molecule has 0 saturated carbocycles. The molecule has 41 heavy (non-hydrogen) atoms. The highest BCUT2D eigenvalue weighted by molar-refractivity contribution is 5.92. The zero-order valence-corrected chi connectivity index (χ0v) is 25.5. The summed E-state index contributed by atoms with van der Waals surface area (Å²) in [5.41, 5.74) is 12.1. The van der Waals surface area contributed by atoms with Gasteiger partial charge in [-0.1, -0.05) is 94.3 Å². The summed E-state index contributed by atoms with van der Waals surface area (Å²) in [5, 5.41) is 1.27. The van der Waals surface area contributed by atoms with E-state index < -0.39 is 0 Å². The van der Waals surface area contributed by atoms with Gasteiger partial charge in [0, 0.05) is 33.6 Å². The molecular formula is C39H41NO. The summed E-state index contributed by atoms with van der Waals surface area (Å²) in [4.78, 5) is 2.33. The maximum atomic E-state index is 6.63. The lowest BCUT2D eigenvalue weighted by atomic mass is 9.69. The van der Waals surface area contributed by atoms with Crippen LogP contribution in [0.2, 0.25) is 0 Å². The predicted molar refractivity (Wildman–Crippen MR) is 175 cm³/mol. The molecule has 1 atom stereocenters. The molecule has 6 rings (SSSR count). The molecule has 0 amide bonds. The van der Waals surface area contributed by atoms with Crippen molar-refractivity contribution < 1.29 is 4.42 Å². The van der Waals surface area contributed by atoms with Crippen LogP contribution >= 0.6 is 0 Å². The van der Waals surface area contributed by atoms with Gasteiger partial charge >= 0.3 is 0 Å². The molecule has 1 heterocycles. The molecule has 208 valence electrons. The third-order valence-electron chi connectivity index (χ3n) is 9.10. The van der Waals surface area contributed by atoms with Crippen LogP contribution in [0.3, 0.4) is 0 Å². The van der Waals surface area contributed by atoms with E-state index in [1.54, 1.807) is 0 Å². The van der Waals surface area contributed by atoms with E-state index >= 15 is 0 Å². The largest absolute Gasteiger partial charge is 0.456 e. The molecule has 2 heteroatoms. The molecule has 2 nitrogen and oxygen atoms in total. The fraction of sp³-hybridized carbons (Fsp3) is 0.282. The number of benzene rings is 4. The van der Waals surface area contributed by atoms with Crippen LogP contribution in [0.5, 0.6) is 0 Å². The van der Waals surface area contributed by atoms with E-state index in [0.717, 1.165) is 34.8 Å². The first kappa shape index (κ1) is 27.1. The number of hydrogen-bond donors (Lipinski definition) is 0. The fourth-order valence-corrected chi connectivity index (χ4v) is 5.96. The first-order valence-corrected chi connectivity index (χ1v) is 15.0. The van der Waals surface area contributed by atoms with Gasteiger partial charge in [-0.05, 0) is 97.2 Å². The summed E-state index contributed by atoms with van der Waals surface area (Å²) in [6, 6.07) is 33.3. The van der Waals surface area contributed by atoms with E-state index in [9.17, 15) is 0 Å². The lowest BCUT2D eigenvalue weighted by molar-refractivity contribution is 0.292. The molecule has 1 aliphatic rings. The monoisotopic (exact) mass is 539 g/mol. The molecule has 5 aromatic rings. The minimum atomic E-state index is 0.0431. The number of rotatable bonds is 6. The second-order valence-electron chi connectivity index (χ2n) is 12.8. The van der Waals surface area contributed by atoms with Crippen LogP contribution in [-0.2, 0) is 6.42 Å². The highest BCUT2D eigenvalue weighted by atomic mass is 16.3. The normalized spacial score (nSPS) is 16.8. The number of anilines is 3. The minimum absolute atomic E-state index is 0.0431. The summed E-state index contributed by atoms with van der Waals surface area (Å²) in [6.07, 6.45) is 3.46. The number of hydrogen-bond acceptors (Lipinski definition) is 2. The van der Waals surface area contributed by atoms with E-state index in [2.05, 4.69) is 150 Å². The zero-order chi connectivity index (χ0) is 28.9. The van der Waals surface area contributed by atoms with Crippen molar-refractivity contribution in [3.63, 3.8) is 0 Å². The van der Waals surface area contributed by atoms with Gasteiger partial charge in [-0.3, -0.25) is 0 Å². The Morgan fingerprint density at radius 3 is 1.76 bits per heavy atom. The summed E-state index contributed by atoms with van der Waals surface area (Å²) in [7, 11) is 0. The van der Waals surface area contributed by atoms with Crippen LogP contribution < -0.4 is 4.90 Å². The summed E-state index contributed by atoms with van der Waals surface area (Å²) < 4.78 is 6.63. The van der Waals surface area contributed by atoms with Crippen molar-refractivity contribution in [2.75, 3.05) is 4.90 Å². The summed E-state index contributed by atoms with van der Waals surface area (Å²) >= 11 is 0. The highest BCUT2D eigenvalue weighted by Crippen LogP contribution is 2.48. The van der Waals surface area contributed by atoms with Crippen LogP contribution in [0.1, 0.15) is 74.1 Å². The Labute approximate surface area is 245 Å². The number of nitrogens with zero attached hydrogens (tertiary/aromatic N) is 1. The van der Waals surface area contributed by atoms with Gasteiger partial charge in [0.15, 0.2) is 0 Å². The molecule has 0 saturated heterocycles. The molecule has 1 unspecified atom stereocenters. The van der Waals surface area contributed by atoms with E-state index in [-0.39, 0.29) is 5.41 Å². The van der Waals surface area contributed by atoms with Gasteiger partial charge in [0.25, 0.3) is 0 Å². The molecule has 1 aliphatic carbocycles. The van der Waals surface area contributed by atoms with Crippen LogP contribution in [-0.4, -0.2) is 0 Å². The molecule has 1 aromatic heterocycles. The Bertz CT molecular complexity index is 1670. The topological polar surface area (TPSA) is 16.4 Å². The van der Waals surface area contributed by atoms with Crippen molar-refractivity contribution in [1.82, 2.24) is 0 Å². The molecule has 0 N–H and O–H groups in total. The predicted octanol–water partition coefficient (Wildman–Crippen LogP) is 11.3. The lowest BCUT2D eigenvalue weighted by Crippen LogP contribution is -2.27. The van der Waals surface area contributed by atoms with Crippen molar-refractivity contribution in [2.45, 2.75) is 60.8 Å². The second-order valence-corrected chi connectivity index (χ2v) is 12.8. The first-order chi connectivity index (χ1) is 19.6. The highest BCUT2D eigenvalue weighted by Gasteiger charge is 2.36. The van der Waals surface area contributed by atoms with Gasteiger partial charge in [-0.25, -0.2) is 0 Å². The zero-order valence-electron chi connectivity index (χ0n) is 25.5. The lowest BCUT2D eigenvalue weighted by Gasteiger charge is -2.35. The molecule has 0 spiro atoms. The van der Waals surface area contributed by atoms with Crippen molar-refractivity contribution >= 4 is 33.6 Å². The van der Waals surface area contributed by atoms with E-state index in [4.69, 9.17) is 4.42 Å². The van der Waals surface area contributed by atoms with Crippen LogP contribution in [0, 0.1) is 25.2 Å². The Morgan fingerprint density at radius 1 is 0.707 bits per heavy atom. The number of aryl methyl sites for hydroxylation is 2. The van der Waals surface area contributed by atoms with E-state index in [0.29, 0.717) is 11.8 Å². The Balaban J connectivity index is 1.46. The van der Waals surface area contributed by atoms with E-state index in [1.807, 2.05) is 0 Å². The maximum Gasteiger partial charge on any atom is 0.138 e. The number of allylic oxidation sites excluding steroid dienone is 1. The molecule has 0 bridgehead atoms. The van der Waals surface area contributed by atoms with E-state index in [1.165, 1.54) is 38.8 Å². The van der Waals surface area contributed by atoms with Crippen molar-refractivity contribution in [2.24, 2.45) is 11.3 Å². The Morgan fingerprint density at radius 2 is 1.24 bits per heavy atom. The quantitative estimate of drug-likeness (QED) is 0.213. The van der Waals surface area contributed by atoms with Gasteiger partial charge in [0.1, 0.15) is 11.3 Å². The van der Waals surface area contributed by atoms with Crippen LogP contribution in [0.4, 0.5) is 17.1 Å². The SMILES string of the molecule is Cc1ccc(N(c2ccc(C)cc2)c2ccc(C3=CC(C)(C(C)C)Cc4c3oc3ccc(C(C)C)cc43)cc2)cc1. The van der Waals surface area contributed by atoms with Crippen molar-refractivity contribution in [3.8, 4) is 0 Å². The van der Waals surface area contributed by atoms with Crippen molar-refractivity contribution in [1.29, 1.82) is 0 Å². The van der Waals surface area contributed by atoms with Crippen LogP contribution in [0.25, 0.3) is 16.5 Å². The molecule has 0 radical (unpaired) electrons. The van der Waals surface area contributed by atoms with Crippen LogP contribution in [0.15, 0.2) is 101 Å². The number of furan rings is 1. The number of fused-ring (bicyclic) bond motifs is 3. The second kappa shape index (κ2) is 10.4. The Kier molecular flexibility index (Phi) is 6.90. The molecule has 0 aliphatic heterocycles. The van der Waals surface area contributed by atoms with Crippen molar-refractivity contribution in [3.05, 3.63) is 131 Å². The van der Waals surface area contributed by atoms with Gasteiger partial charge < -0.3 is 9.32 Å². The third-order valence-corrected chi connectivity index (χ3v) is 9.10. The average molecular weight is 540 g/mol. The molecule has 4 aromatic carbocycles. The average Bonchev–Trinajstić information content (AvgIpc) is 3.32. The van der Waals surface area contributed by atoms with Gasteiger partial charge in [0.2, 0.25) is 0 Å². The summed E-state index contributed by atoms with van der Waals surface area (Å²) in [5.74, 6) is 2.01. The Hall–Kier alpha value is -4.04. The van der Waals surface area contributed by atoms with Gasteiger partial charge in [-0.15, -0.1) is 0 Å². The molecular weight excluding hydrogens is 498 g/mol. The maximum absolute atomic E-state index is 6.63. The fourth-order valence-electron chi connectivity index (χ4n) is 5.96. The standard InChI is InChI=1S/C39H41NO/c1-25(2)30-14-21-37-34(22-30)36-24-39(7,26(3)4)23-35(38(36)41-37)29-12-19-33(20-13-29)40(31-15-8-27(5)9-16-31)32-17-10-28(6)11-18-32/h8-23,25-26H,24H2,1-7H3. The summed E-state index contributed by atoms with van der Waals surface area (Å²) in [6.45, 7) is 15.9. The van der Waals surface area contributed by atoms with Gasteiger partial charge in [0.05, 0.1) is 0 Å². The van der Waals surface area contributed by atoms with Gasteiger partial charge in [-0.2, -0.15) is 0 Å².